The third kappa shape index (κ3) is 5.33. The Kier molecular flexibility index (Phi) is 6.39. The van der Waals surface area contributed by atoms with Crippen molar-refractivity contribution < 1.29 is 9.90 Å². The van der Waals surface area contributed by atoms with Crippen molar-refractivity contribution in [1.29, 1.82) is 0 Å². The number of phenols is 1. The van der Waals surface area contributed by atoms with Crippen molar-refractivity contribution in [1.82, 2.24) is 0 Å². The van der Waals surface area contributed by atoms with E-state index in [0.29, 0.717) is 11.3 Å². The van der Waals surface area contributed by atoms with Crippen molar-refractivity contribution in [2.75, 3.05) is 5.32 Å². The summed E-state index contributed by atoms with van der Waals surface area (Å²) < 4.78 is 1.31. The molecule has 0 spiro atoms. The van der Waals surface area contributed by atoms with Crippen molar-refractivity contribution >= 4 is 31.0 Å². The molecule has 0 heterocycles. The van der Waals surface area contributed by atoms with Gasteiger partial charge in [-0.2, -0.15) is 0 Å². The van der Waals surface area contributed by atoms with Crippen LogP contribution in [0.1, 0.15) is 67.6 Å². The number of hydrogen-bond acceptors (Lipinski definition) is 2. The third-order valence-electron chi connectivity index (χ3n) is 6.46. The van der Waals surface area contributed by atoms with Gasteiger partial charge in [-0.1, -0.05) is 0 Å². The Balaban J connectivity index is 1.43. The van der Waals surface area contributed by atoms with Crippen molar-refractivity contribution in [2.24, 2.45) is 0 Å². The minimum absolute atomic E-state index is 0.0710. The van der Waals surface area contributed by atoms with Crippen LogP contribution >= 0.6 is 0 Å². The zero-order chi connectivity index (χ0) is 23.6. The summed E-state index contributed by atoms with van der Waals surface area (Å²) in [5, 5.41) is 12.2. The molecule has 1 aliphatic carbocycles. The van der Waals surface area contributed by atoms with Gasteiger partial charge in [-0.15, -0.1) is 0 Å². The van der Waals surface area contributed by atoms with E-state index in [1.165, 1.54) is 28.4 Å². The molecule has 0 bridgehead atoms. The van der Waals surface area contributed by atoms with Gasteiger partial charge in [-0.3, -0.25) is 0 Å². The fraction of sp³-hybridized carbons (Fsp3) is 0.276. The number of amides is 1. The number of carbonyl (C=O) groups excluding carboxylic acids is 1. The van der Waals surface area contributed by atoms with Crippen LogP contribution in [0.3, 0.4) is 0 Å². The van der Waals surface area contributed by atoms with E-state index in [9.17, 15) is 9.90 Å². The molecule has 3 nitrogen and oxygen atoms in total. The molecular weight excluding hydrogens is 473 g/mol. The predicted octanol–water partition coefficient (Wildman–Crippen LogP) is 5.33. The number of aromatic hydroxyl groups is 1. The van der Waals surface area contributed by atoms with Gasteiger partial charge >= 0.3 is 198 Å². The number of carbonyl (C=O) groups is 1. The van der Waals surface area contributed by atoms with E-state index in [-0.39, 0.29) is 37.4 Å². The predicted molar refractivity (Wildman–Crippen MR) is 136 cm³/mol. The molecule has 3 aromatic rings. The molecule has 4 heteroatoms. The first kappa shape index (κ1) is 23.2. The van der Waals surface area contributed by atoms with Crippen LogP contribution in [0.4, 0.5) is 5.69 Å². The van der Waals surface area contributed by atoms with Crippen LogP contribution in [-0.4, -0.2) is 26.0 Å². The summed E-state index contributed by atoms with van der Waals surface area (Å²) in [7, 11) is 0. The molecule has 0 unspecified atom stereocenters. The van der Waals surface area contributed by atoms with Gasteiger partial charge in [0.15, 0.2) is 0 Å². The molecule has 1 aliphatic rings. The molecule has 3 aromatic carbocycles. The Bertz CT molecular complexity index is 1230. The van der Waals surface area contributed by atoms with Crippen LogP contribution < -0.4 is 9.78 Å². The maximum absolute atomic E-state index is 12.4. The average molecular weight is 503 g/mol. The van der Waals surface area contributed by atoms with Crippen molar-refractivity contribution in [3.63, 3.8) is 0 Å². The van der Waals surface area contributed by atoms with E-state index >= 15 is 0 Å². The van der Waals surface area contributed by atoms with E-state index < -0.39 is 0 Å². The van der Waals surface area contributed by atoms with Gasteiger partial charge in [0.05, 0.1) is 0 Å². The van der Waals surface area contributed by atoms with Gasteiger partial charge in [-0.05, 0) is 0 Å². The Morgan fingerprint density at radius 2 is 1.52 bits per heavy atom. The second kappa shape index (κ2) is 9.10. The number of phenolic OH excluding ortho intramolecular Hbond substituents is 1. The van der Waals surface area contributed by atoms with Crippen LogP contribution in [0.2, 0.25) is 0 Å². The summed E-state index contributed by atoms with van der Waals surface area (Å²) in [6.45, 7) is 9.40. The van der Waals surface area contributed by atoms with E-state index in [4.69, 9.17) is 0 Å². The Morgan fingerprint density at radius 1 is 0.879 bits per heavy atom. The first-order chi connectivity index (χ1) is 15.6. The summed E-state index contributed by atoms with van der Waals surface area (Å²) in [6.07, 6.45) is 2.43. The van der Waals surface area contributed by atoms with E-state index in [0.717, 1.165) is 5.56 Å². The summed E-state index contributed by atoms with van der Waals surface area (Å²) in [4.78, 5) is 15.8. The molecule has 0 aliphatic heterocycles. The molecule has 0 aromatic heterocycles. The number of rotatable bonds is 3. The molecule has 0 atom stereocenters. The SMILES string of the molecule is CC1(C)CCC(C)(C)c2cc([Se]C#Cc3ccc(C(=O)Nc4ccc(O)cc4)cc3)ccc21. The van der Waals surface area contributed by atoms with Gasteiger partial charge in [0.25, 0.3) is 0 Å². The minimum atomic E-state index is -0.191. The van der Waals surface area contributed by atoms with Gasteiger partial charge < -0.3 is 5.11 Å². The quantitative estimate of drug-likeness (QED) is 0.289. The maximum atomic E-state index is 12.4. The van der Waals surface area contributed by atoms with E-state index in [1.54, 1.807) is 36.4 Å². The fourth-order valence-electron chi connectivity index (χ4n) is 4.23. The Hall–Kier alpha value is -2.99. The molecule has 33 heavy (non-hydrogen) atoms. The first-order valence-electron chi connectivity index (χ1n) is 11.2. The molecule has 0 fully saturated rings. The topological polar surface area (TPSA) is 49.3 Å². The monoisotopic (exact) mass is 503 g/mol. The molecule has 0 saturated heterocycles. The van der Waals surface area contributed by atoms with E-state index in [1.807, 2.05) is 12.1 Å². The Labute approximate surface area is 202 Å². The van der Waals surface area contributed by atoms with Crippen molar-refractivity contribution in [3.8, 4) is 16.5 Å². The molecule has 168 valence electrons. The number of fused-ring (bicyclic) bond motifs is 1. The normalized spacial score (nSPS) is 15.6. The zero-order valence-corrected chi connectivity index (χ0v) is 21.2. The van der Waals surface area contributed by atoms with E-state index in [2.05, 4.69) is 62.0 Å². The molecule has 4 rings (SSSR count). The number of hydrogen-bond donors (Lipinski definition) is 2. The zero-order valence-electron chi connectivity index (χ0n) is 19.5. The summed E-state index contributed by atoms with van der Waals surface area (Å²) in [6, 6.07) is 20.7. The fourth-order valence-corrected chi connectivity index (χ4v) is 5.49. The van der Waals surface area contributed by atoms with Gasteiger partial charge in [0.2, 0.25) is 0 Å². The van der Waals surface area contributed by atoms with Crippen LogP contribution in [0.5, 0.6) is 5.75 Å². The summed E-state index contributed by atoms with van der Waals surface area (Å²) >= 11 is 0.0710. The molecular formula is C29H29NO2Se. The number of benzene rings is 3. The molecule has 2 N–H and O–H groups in total. The van der Waals surface area contributed by atoms with Crippen LogP contribution in [0.15, 0.2) is 66.7 Å². The standard InChI is InChI=1S/C29H29NO2Se/c1-28(2)16-17-29(3,4)26-19-24(13-14-25(26)28)33-18-15-20-5-7-21(8-6-20)27(32)30-22-9-11-23(31)12-10-22/h5-14,19,31H,16-17H2,1-4H3,(H,30,32). The van der Waals surface area contributed by atoms with Crippen LogP contribution in [0.25, 0.3) is 0 Å². The summed E-state index contributed by atoms with van der Waals surface area (Å²) in [5.41, 5.74) is 5.51. The second-order valence-electron chi connectivity index (χ2n) is 9.88. The van der Waals surface area contributed by atoms with Crippen LogP contribution in [0, 0.1) is 10.7 Å². The van der Waals surface area contributed by atoms with Crippen molar-refractivity contribution in [3.05, 3.63) is 89.0 Å². The average Bonchev–Trinajstić information content (AvgIpc) is 2.79. The first-order valence-corrected chi connectivity index (χ1v) is 12.9. The molecule has 0 radical (unpaired) electrons. The third-order valence-corrected chi connectivity index (χ3v) is 7.92. The summed E-state index contributed by atoms with van der Waals surface area (Å²) in [5.74, 6) is 3.23. The van der Waals surface area contributed by atoms with Crippen LogP contribution in [-0.2, 0) is 10.8 Å². The van der Waals surface area contributed by atoms with Crippen molar-refractivity contribution in [2.45, 2.75) is 51.4 Å². The molecule has 1 amide bonds. The number of anilines is 1. The van der Waals surface area contributed by atoms with Gasteiger partial charge in [0, 0.05) is 0 Å². The van der Waals surface area contributed by atoms with Gasteiger partial charge in [-0.25, -0.2) is 0 Å². The second-order valence-corrected chi connectivity index (χ2v) is 11.7. The number of nitrogens with one attached hydrogen (secondary N) is 1. The Morgan fingerprint density at radius 3 is 2.18 bits per heavy atom. The molecule has 0 saturated carbocycles. The van der Waals surface area contributed by atoms with Gasteiger partial charge in [0.1, 0.15) is 0 Å².